The molecule has 1 aliphatic rings. The van der Waals surface area contributed by atoms with Gasteiger partial charge in [-0.1, -0.05) is 13.8 Å². The Bertz CT molecular complexity index is 830. The highest BCUT2D eigenvalue weighted by molar-refractivity contribution is 5.97. The van der Waals surface area contributed by atoms with Crippen LogP contribution in [0.15, 0.2) is 22.6 Å². The van der Waals surface area contributed by atoms with Crippen LogP contribution in [0, 0.1) is 5.92 Å². The topological polar surface area (TPSA) is 51.5 Å². The fourth-order valence-electron chi connectivity index (χ4n) is 3.58. The van der Waals surface area contributed by atoms with E-state index in [9.17, 15) is 4.79 Å². The Kier molecular flexibility index (Phi) is 5.70. The maximum absolute atomic E-state index is 12.2. The van der Waals surface area contributed by atoms with E-state index < -0.39 is 0 Å². The van der Waals surface area contributed by atoms with Crippen LogP contribution in [-0.4, -0.2) is 19.6 Å². The lowest BCUT2D eigenvalue weighted by atomic mass is 9.94. The van der Waals surface area contributed by atoms with Gasteiger partial charge in [-0.05, 0) is 50.2 Å². The van der Waals surface area contributed by atoms with Crippen molar-refractivity contribution in [3.8, 4) is 5.75 Å². The molecule has 0 spiro atoms. The lowest BCUT2D eigenvalue weighted by molar-refractivity contribution is -0.116. The Labute approximate surface area is 155 Å². The summed E-state index contributed by atoms with van der Waals surface area (Å²) in [7, 11) is 1.66. The fraction of sp³-hybridized carbons (Fsp3) is 0.500. The molecule has 0 fully saturated rings. The van der Waals surface area contributed by atoms with Gasteiger partial charge in [0.2, 0.25) is 5.91 Å². The molecule has 1 amide bonds. The van der Waals surface area contributed by atoms with Crippen molar-refractivity contribution in [1.29, 1.82) is 0 Å². The van der Waals surface area contributed by atoms with Gasteiger partial charge in [0, 0.05) is 41.6 Å². The van der Waals surface area contributed by atoms with Crippen LogP contribution in [0.3, 0.4) is 0 Å². The van der Waals surface area contributed by atoms with Gasteiger partial charge in [0.05, 0.1) is 7.11 Å². The molecular weight excluding hydrogens is 326 g/mol. The number of fused-ring (bicyclic) bond motifs is 3. The van der Waals surface area contributed by atoms with E-state index in [2.05, 4.69) is 25.2 Å². The monoisotopic (exact) mass is 355 g/mol. The molecule has 0 radical (unpaired) electrons. The number of allylic oxidation sites excluding steroid dienone is 1. The number of furan rings is 1. The van der Waals surface area contributed by atoms with Gasteiger partial charge in [0.25, 0.3) is 0 Å². The number of carbonyl (C=O) groups is 1. The summed E-state index contributed by atoms with van der Waals surface area (Å²) in [6, 6.07) is 4.08. The molecule has 4 heteroatoms. The van der Waals surface area contributed by atoms with E-state index in [0.29, 0.717) is 12.5 Å². The molecular formula is C22H29NO3. The van der Waals surface area contributed by atoms with Crippen molar-refractivity contribution in [3.63, 3.8) is 0 Å². The number of hydrogen-bond acceptors (Lipinski definition) is 3. The summed E-state index contributed by atoms with van der Waals surface area (Å²) in [5.74, 6) is 2.38. The van der Waals surface area contributed by atoms with Gasteiger partial charge in [0.1, 0.15) is 17.1 Å². The zero-order valence-corrected chi connectivity index (χ0v) is 16.3. The average molecular weight is 355 g/mol. The van der Waals surface area contributed by atoms with Crippen molar-refractivity contribution in [2.45, 2.75) is 52.9 Å². The molecule has 140 valence electrons. The van der Waals surface area contributed by atoms with E-state index in [1.54, 1.807) is 13.2 Å². The van der Waals surface area contributed by atoms with Crippen molar-refractivity contribution in [1.82, 2.24) is 5.32 Å². The van der Waals surface area contributed by atoms with Crippen LogP contribution in [0.4, 0.5) is 0 Å². The van der Waals surface area contributed by atoms with Crippen molar-refractivity contribution in [2.75, 3.05) is 13.7 Å². The third kappa shape index (κ3) is 3.95. The van der Waals surface area contributed by atoms with Crippen LogP contribution >= 0.6 is 0 Å². The van der Waals surface area contributed by atoms with E-state index in [1.807, 2.05) is 13.0 Å². The molecule has 2 aromatic rings. The van der Waals surface area contributed by atoms with Crippen LogP contribution in [0.5, 0.6) is 5.75 Å². The molecule has 1 aliphatic carbocycles. The number of aryl methyl sites for hydroxylation is 2. The SMILES string of the molecule is COc1cc2oc3c(c2cc1/C(C)=C/C(=O)NCCC(C)C)CCCC3. The molecule has 1 heterocycles. The van der Waals surface area contributed by atoms with Crippen LogP contribution in [0.25, 0.3) is 16.5 Å². The number of methoxy groups -OCH3 is 1. The summed E-state index contributed by atoms with van der Waals surface area (Å²) in [5, 5.41) is 4.12. The van der Waals surface area contributed by atoms with Gasteiger partial charge in [-0.2, -0.15) is 0 Å². The second-order valence-corrected chi connectivity index (χ2v) is 7.56. The molecule has 0 saturated carbocycles. The van der Waals surface area contributed by atoms with Gasteiger partial charge < -0.3 is 14.5 Å². The highest BCUT2D eigenvalue weighted by Crippen LogP contribution is 2.37. The smallest absolute Gasteiger partial charge is 0.244 e. The molecule has 0 atom stereocenters. The second-order valence-electron chi connectivity index (χ2n) is 7.56. The Balaban J connectivity index is 1.90. The van der Waals surface area contributed by atoms with Crippen LogP contribution in [0.1, 0.15) is 56.9 Å². The average Bonchev–Trinajstić information content (AvgIpc) is 2.97. The van der Waals surface area contributed by atoms with Gasteiger partial charge in [-0.3, -0.25) is 4.79 Å². The Morgan fingerprint density at radius 1 is 1.31 bits per heavy atom. The standard InChI is InChI=1S/C22H29NO3/c1-14(2)9-10-23-22(24)11-15(3)17-12-18-16-7-5-6-8-19(16)26-21(18)13-20(17)25-4/h11-14H,5-10H2,1-4H3,(H,23,24)/b15-11+. The van der Waals surface area contributed by atoms with E-state index in [-0.39, 0.29) is 5.91 Å². The largest absolute Gasteiger partial charge is 0.496 e. The molecule has 4 nitrogen and oxygen atoms in total. The number of carbonyl (C=O) groups excluding carboxylic acids is 1. The first kappa shape index (κ1) is 18.6. The molecule has 1 aromatic heterocycles. The zero-order valence-electron chi connectivity index (χ0n) is 16.3. The third-order valence-electron chi connectivity index (χ3n) is 5.07. The van der Waals surface area contributed by atoms with Crippen molar-refractivity contribution >= 4 is 22.4 Å². The summed E-state index contributed by atoms with van der Waals surface area (Å²) in [6.45, 7) is 6.96. The molecule has 3 rings (SSSR count). The predicted molar refractivity (Wildman–Crippen MR) is 106 cm³/mol. The summed E-state index contributed by atoms with van der Waals surface area (Å²) in [4.78, 5) is 12.2. The van der Waals surface area contributed by atoms with Crippen LogP contribution < -0.4 is 10.1 Å². The normalized spacial score (nSPS) is 14.6. The minimum absolute atomic E-state index is 0.0560. The van der Waals surface area contributed by atoms with E-state index in [1.165, 1.54) is 18.4 Å². The second kappa shape index (κ2) is 7.98. The Hall–Kier alpha value is -2.23. The number of ether oxygens (including phenoxy) is 1. The lowest BCUT2D eigenvalue weighted by Gasteiger charge is -2.11. The molecule has 0 bridgehead atoms. The summed E-state index contributed by atoms with van der Waals surface area (Å²) in [5.41, 5.74) is 4.06. The molecule has 1 N–H and O–H groups in total. The zero-order chi connectivity index (χ0) is 18.7. The highest BCUT2D eigenvalue weighted by atomic mass is 16.5. The number of rotatable bonds is 6. The Morgan fingerprint density at radius 3 is 2.81 bits per heavy atom. The third-order valence-corrected chi connectivity index (χ3v) is 5.07. The first-order valence-electron chi connectivity index (χ1n) is 9.58. The first-order chi connectivity index (χ1) is 12.5. The summed E-state index contributed by atoms with van der Waals surface area (Å²) in [6.07, 6.45) is 7.11. The number of benzene rings is 1. The Morgan fingerprint density at radius 2 is 2.08 bits per heavy atom. The first-order valence-corrected chi connectivity index (χ1v) is 9.58. The predicted octanol–water partition coefficient (Wildman–Crippen LogP) is 4.89. The number of hydrogen-bond donors (Lipinski definition) is 1. The van der Waals surface area contributed by atoms with Gasteiger partial charge in [0.15, 0.2) is 0 Å². The van der Waals surface area contributed by atoms with E-state index in [0.717, 1.165) is 52.9 Å². The summed E-state index contributed by atoms with van der Waals surface area (Å²) >= 11 is 0. The van der Waals surface area contributed by atoms with E-state index in [4.69, 9.17) is 9.15 Å². The molecule has 0 unspecified atom stereocenters. The molecule has 0 aliphatic heterocycles. The van der Waals surface area contributed by atoms with Crippen molar-refractivity contribution < 1.29 is 13.9 Å². The minimum atomic E-state index is -0.0560. The number of nitrogens with one attached hydrogen (secondary N) is 1. The summed E-state index contributed by atoms with van der Waals surface area (Å²) < 4.78 is 11.6. The van der Waals surface area contributed by atoms with Gasteiger partial charge in [-0.25, -0.2) is 0 Å². The lowest BCUT2D eigenvalue weighted by Crippen LogP contribution is -2.23. The van der Waals surface area contributed by atoms with Gasteiger partial charge in [-0.15, -0.1) is 0 Å². The fourth-order valence-corrected chi connectivity index (χ4v) is 3.58. The van der Waals surface area contributed by atoms with Crippen LogP contribution in [-0.2, 0) is 17.6 Å². The van der Waals surface area contributed by atoms with Crippen molar-refractivity contribution in [3.05, 3.63) is 35.1 Å². The van der Waals surface area contributed by atoms with E-state index >= 15 is 0 Å². The van der Waals surface area contributed by atoms with Crippen LogP contribution in [0.2, 0.25) is 0 Å². The number of amides is 1. The van der Waals surface area contributed by atoms with Gasteiger partial charge >= 0.3 is 0 Å². The molecule has 0 saturated heterocycles. The quantitative estimate of drug-likeness (QED) is 0.751. The molecule has 26 heavy (non-hydrogen) atoms. The maximum Gasteiger partial charge on any atom is 0.244 e. The minimum Gasteiger partial charge on any atom is -0.496 e. The van der Waals surface area contributed by atoms with Crippen molar-refractivity contribution in [2.24, 2.45) is 5.92 Å². The highest BCUT2D eigenvalue weighted by Gasteiger charge is 2.20. The maximum atomic E-state index is 12.2. The molecule has 1 aromatic carbocycles.